The molecule has 3 aromatic rings. The number of pyridine rings is 1. The Morgan fingerprint density at radius 2 is 1.91 bits per heavy atom. The van der Waals surface area contributed by atoms with Gasteiger partial charge in [-0.25, -0.2) is 17.8 Å². The number of benzene rings is 1. The van der Waals surface area contributed by atoms with Gasteiger partial charge in [0.25, 0.3) is 5.91 Å². The minimum absolute atomic E-state index is 0.0731. The summed E-state index contributed by atoms with van der Waals surface area (Å²) in [5.41, 5.74) is 1.22. The molecule has 0 bridgehead atoms. The second kappa shape index (κ2) is 10.4. The van der Waals surface area contributed by atoms with Gasteiger partial charge in [0, 0.05) is 36.6 Å². The fourth-order valence-corrected chi connectivity index (χ4v) is 3.88. The summed E-state index contributed by atoms with van der Waals surface area (Å²) < 4.78 is 47.1. The van der Waals surface area contributed by atoms with Gasteiger partial charge in [-0.15, -0.1) is 0 Å². The van der Waals surface area contributed by atoms with Gasteiger partial charge in [0.15, 0.2) is 5.82 Å². The Morgan fingerprint density at radius 1 is 1.21 bits per heavy atom. The highest BCUT2D eigenvalue weighted by molar-refractivity contribution is 7.92. The zero-order chi connectivity index (χ0) is 25.0. The molecule has 0 aliphatic carbocycles. The summed E-state index contributed by atoms with van der Waals surface area (Å²) in [7, 11) is 1.97. The number of carbonyl (C=O) groups is 1. The summed E-state index contributed by atoms with van der Waals surface area (Å²) in [4.78, 5) is 18.9. The van der Waals surface area contributed by atoms with E-state index < -0.39 is 21.7 Å². The third kappa shape index (κ3) is 6.92. The van der Waals surface area contributed by atoms with E-state index in [1.54, 1.807) is 11.6 Å². The number of sulfonamides is 1. The van der Waals surface area contributed by atoms with Gasteiger partial charge >= 0.3 is 0 Å². The van der Waals surface area contributed by atoms with Crippen LogP contribution in [0.5, 0.6) is 5.75 Å². The number of hydrogen-bond acceptors (Lipinski definition) is 6. The molecule has 0 saturated carbocycles. The van der Waals surface area contributed by atoms with Crippen LogP contribution in [0.4, 0.5) is 15.8 Å². The minimum atomic E-state index is -3.52. The average molecular weight is 510 g/mol. The third-order valence-corrected chi connectivity index (χ3v) is 5.42. The van der Waals surface area contributed by atoms with Gasteiger partial charge < -0.3 is 19.5 Å². The number of likely N-dealkylation sites (N-methyl/N-ethyl adjacent to an activating group) is 1. The number of halogens is 2. The van der Waals surface area contributed by atoms with Crippen molar-refractivity contribution in [1.82, 2.24) is 14.5 Å². The maximum Gasteiger partial charge on any atom is 0.257 e. The number of rotatable bonds is 9. The maximum atomic E-state index is 14.7. The van der Waals surface area contributed by atoms with Crippen LogP contribution in [-0.4, -0.2) is 62.3 Å². The quantitative estimate of drug-likeness (QED) is 0.458. The molecule has 2 aromatic heterocycles. The Morgan fingerprint density at radius 3 is 2.56 bits per heavy atom. The van der Waals surface area contributed by atoms with Crippen molar-refractivity contribution < 1.29 is 22.3 Å². The zero-order valence-electron chi connectivity index (χ0n) is 19.1. The number of nitrogens with one attached hydrogen (secondary N) is 2. The fraction of sp³-hybridized carbons (Fsp3) is 0.273. The molecule has 3 rings (SSSR count). The van der Waals surface area contributed by atoms with Crippen LogP contribution >= 0.6 is 11.6 Å². The monoisotopic (exact) mass is 509 g/mol. The smallest absolute Gasteiger partial charge is 0.257 e. The Bertz CT molecular complexity index is 1310. The number of carbonyl (C=O) groups excluding carboxylic acids is 1. The number of nitrogens with zero attached hydrogens (tertiary/aromatic N) is 3. The third-order valence-electron chi connectivity index (χ3n) is 4.59. The van der Waals surface area contributed by atoms with Gasteiger partial charge in [-0.1, -0.05) is 11.6 Å². The first-order valence-electron chi connectivity index (χ1n) is 10.1. The highest BCUT2D eigenvalue weighted by atomic mass is 35.5. The summed E-state index contributed by atoms with van der Waals surface area (Å²) in [5.74, 6) is -0.755. The number of hydrogen-bond donors (Lipinski definition) is 2. The van der Waals surface area contributed by atoms with Crippen LogP contribution in [0.1, 0.15) is 10.4 Å². The van der Waals surface area contributed by atoms with Crippen LogP contribution in [0.3, 0.4) is 0 Å². The molecule has 12 heteroatoms. The molecule has 0 radical (unpaired) electrons. The summed E-state index contributed by atoms with van der Waals surface area (Å²) in [6.45, 7) is 1.07. The number of ether oxygens (including phenoxy) is 1. The molecule has 0 unspecified atom stereocenters. The van der Waals surface area contributed by atoms with E-state index >= 15 is 0 Å². The average Bonchev–Trinajstić information content (AvgIpc) is 3.07. The Kier molecular flexibility index (Phi) is 7.80. The minimum Gasteiger partial charge on any atom is -0.491 e. The van der Waals surface area contributed by atoms with Crippen molar-refractivity contribution in [3.8, 4) is 17.1 Å². The Hall–Kier alpha value is -3.15. The van der Waals surface area contributed by atoms with Gasteiger partial charge in [0.05, 0.1) is 29.4 Å². The lowest BCUT2D eigenvalue weighted by atomic mass is 10.2. The zero-order valence-corrected chi connectivity index (χ0v) is 20.7. The van der Waals surface area contributed by atoms with Gasteiger partial charge in [0.2, 0.25) is 10.0 Å². The van der Waals surface area contributed by atoms with Crippen molar-refractivity contribution in [2.24, 2.45) is 7.05 Å². The Labute approximate surface area is 202 Å². The Balaban J connectivity index is 1.78. The van der Waals surface area contributed by atoms with Crippen molar-refractivity contribution >= 4 is 38.9 Å². The van der Waals surface area contributed by atoms with E-state index in [4.69, 9.17) is 16.3 Å². The number of aromatic nitrogens is 2. The first-order valence-corrected chi connectivity index (χ1v) is 12.4. The number of anilines is 2. The van der Waals surface area contributed by atoms with E-state index in [9.17, 15) is 17.6 Å². The SMILES string of the molecule is CN(C)CCOc1cnc(-c2cc(C(=O)Nc3cc(Cl)cc(NS(C)(=O)=O)c3)cn2C)c(F)c1. The lowest BCUT2D eigenvalue weighted by Gasteiger charge is -2.11. The van der Waals surface area contributed by atoms with Crippen molar-refractivity contribution in [3.63, 3.8) is 0 Å². The van der Waals surface area contributed by atoms with Crippen LogP contribution in [0, 0.1) is 5.82 Å². The number of amides is 1. The molecule has 0 atom stereocenters. The van der Waals surface area contributed by atoms with Crippen molar-refractivity contribution in [2.75, 3.05) is 43.5 Å². The van der Waals surface area contributed by atoms with E-state index in [1.165, 1.54) is 42.7 Å². The fourth-order valence-electron chi connectivity index (χ4n) is 3.10. The summed E-state index contributed by atoms with van der Waals surface area (Å²) in [5, 5.41) is 2.90. The molecule has 1 aromatic carbocycles. The molecule has 0 saturated heterocycles. The second-order valence-corrected chi connectivity index (χ2v) is 10.1. The first-order chi connectivity index (χ1) is 15.9. The summed E-state index contributed by atoms with van der Waals surface area (Å²) in [6, 6.07) is 7.10. The molecular formula is C22H25ClFN5O4S. The van der Waals surface area contributed by atoms with Gasteiger partial charge in [-0.2, -0.15) is 0 Å². The van der Waals surface area contributed by atoms with Crippen molar-refractivity contribution in [1.29, 1.82) is 0 Å². The standard InChI is InChI=1S/C22H25ClFN5O4S/c1-28(2)5-6-33-18-11-19(24)21(25-12-18)20-7-14(13-29(20)3)22(30)26-16-8-15(23)9-17(10-16)27-34(4,31)32/h7-13,27H,5-6H2,1-4H3,(H,26,30). The summed E-state index contributed by atoms with van der Waals surface area (Å²) in [6.07, 6.45) is 3.98. The first kappa shape index (κ1) is 25.5. The van der Waals surface area contributed by atoms with E-state index in [0.717, 1.165) is 6.26 Å². The highest BCUT2D eigenvalue weighted by Crippen LogP contribution is 2.27. The molecular weight excluding hydrogens is 485 g/mol. The predicted molar refractivity (Wildman–Crippen MR) is 131 cm³/mol. The van der Waals surface area contributed by atoms with E-state index in [2.05, 4.69) is 15.0 Å². The maximum absolute atomic E-state index is 14.7. The van der Waals surface area contributed by atoms with Gasteiger partial charge in [-0.3, -0.25) is 9.52 Å². The molecule has 0 aliphatic rings. The molecule has 2 N–H and O–H groups in total. The highest BCUT2D eigenvalue weighted by Gasteiger charge is 2.17. The molecule has 9 nitrogen and oxygen atoms in total. The van der Waals surface area contributed by atoms with Crippen LogP contribution in [0.15, 0.2) is 42.7 Å². The van der Waals surface area contributed by atoms with E-state index in [-0.39, 0.29) is 27.7 Å². The molecule has 1 amide bonds. The largest absolute Gasteiger partial charge is 0.491 e. The normalized spacial score (nSPS) is 11.5. The van der Waals surface area contributed by atoms with Crippen molar-refractivity contribution in [3.05, 3.63) is 59.1 Å². The number of aryl methyl sites for hydroxylation is 1. The predicted octanol–water partition coefficient (Wildman–Crippen LogP) is 3.44. The molecule has 34 heavy (non-hydrogen) atoms. The van der Waals surface area contributed by atoms with Crippen LogP contribution < -0.4 is 14.8 Å². The molecule has 182 valence electrons. The molecule has 0 aliphatic heterocycles. The van der Waals surface area contributed by atoms with Gasteiger partial charge in [-0.05, 0) is 38.4 Å². The van der Waals surface area contributed by atoms with Crippen LogP contribution in [0.2, 0.25) is 5.02 Å². The lowest BCUT2D eigenvalue weighted by molar-refractivity contribution is 0.102. The topological polar surface area (TPSA) is 106 Å². The molecule has 0 fully saturated rings. The van der Waals surface area contributed by atoms with Crippen LogP contribution in [-0.2, 0) is 17.1 Å². The van der Waals surface area contributed by atoms with Crippen LogP contribution in [0.25, 0.3) is 11.4 Å². The van der Waals surface area contributed by atoms with Gasteiger partial charge in [0.1, 0.15) is 18.1 Å². The van der Waals surface area contributed by atoms with E-state index in [1.807, 2.05) is 19.0 Å². The lowest BCUT2D eigenvalue weighted by Crippen LogP contribution is -2.19. The molecule has 2 heterocycles. The van der Waals surface area contributed by atoms with E-state index in [0.29, 0.717) is 24.6 Å². The van der Waals surface area contributed by atoms with Crippen molar-refractivity contribution in [2.45, 2.75) is 0 Å². The molecule has 0 spiro atoms. The summed E-state index contributed by atoms with van der Waals surface area (Å²) >= 11 is 6.04. The second-order valence-electron chi connectivity index (χ2n) is 7.94.